The van der Waals surface area contributed by atoms with Gasteiger partial charge in [0, 0.05) is 5.02 Å². The van der Waals surface area contributed by atoms with Crippen molar-refractivity contribution in [1.82, 2.24) is 10.2 Å². The third kappa shape index (κ3) is 4.07. The van der Waals surface area contributed by atoms with E-state index in [0.717, 1.165) is 24.6 Å². The molecule has 0 unspecified atom stereocenters. The minimum Gasteiger partial charge on any atom is -0.495 e. The first-order valence-corrected chi connectivity index (χ1v) is 9.76. The fourth-order valence-corrected chi connectivity index (χ4v) is 4.31. The summed E-state index contributed by atoms with van der Waals surface area (Å²) in [7, 11) is 1.51. The maximum atomic E-state index is 12.5. The molecule has 140 valence electrons. The summed E-state index contributed by atoms with van der Waals surface area (Å²) in [5, 5.41) is 5.88. The predicted octanol–water partition coefficient (Wildman–Crippen LogP) is 3.48. The van der Waals surface area contributed by atoms with Crippen molar-refractivity contribution in [2.75, 3.05) is 18.2 Å². The largest absolute Gasteiger partial charge is 0.495 e. The van der Waals surface area contributed by atoms with Crippen LogP contribution in [0.5, 0.6) is 5.75 Å². The van der Waals surface area contributed by atoms with Gasteiger partial charge in [0.1, 0.15) is 5.75 Å². The minimum absolute atomic E-state index is 0.175. The lowest BCUT2D eigenvalue weighted by atomic mass is 9.89. The SMILES string of the molecule is COc1ccc(Cl)cc1NC(=O)N[C@@H]1CCCC[C@H]1N1C(=O)CSC1=O. The van der Waals surface area contributed by atoms with Crippen molar-refractivity contribution < 1.29 is 19.1 Å². The van der Waals surface area contributed by atoms with Crippen LogP contribution in [0.4, 0.5) is 15.3 Å². The van der Waals surface area contributed by atoms with Crippen molar-refractivity contribution >= 4 is 46.2 Å². The highest BCUT2D eigenvalue weighted by molar-refractivity contribution is 8.14. The van der Waals surface area contributed by atoms with E-state index in [1.807, 2.05) is 0 Å². The Balaban J connectivity index is 1.70. The molecule has 0 bridgehead atoms. The molecule has 2 aliphatic rings. The lowest BCUT2D eigenvalue weighted by molar-refractivity contribution is -0.127. The number of nitrogens with one attached hydrogen (secondary N) is 2. The quantitative estimate of drug-likeness (QED) is 0.812. The molecule has 0 spiro atoms. The molecule has 3 rings (SSSR count). The lowest BCUT2D eigenvalue weighted by Gasteiger charge is -2.36. The number of nitrogens with zero attached hydrogens (tertiary/aromatic N) is 1. The summed E-state index contributed by atoms with van der Waals surface area (Å²) in [4.78, 5) is 37.9. The molecule has 2 N–H and O–H groups in total. The predicted molar refractivity (Wildman–Crippen MR) is 101 cm³/mol. The third-order valence-electron chi connectivity index (χ3n) is 4.57. The van der Waals surface area contributed by atoms with Crippen LogP contribution in [0.15, 0.2) is 18.2 Å². The summed E-state index contributed by atoms with van der Waals surface area (Å²) in [5.74, 6) is 0.482. The molecule has 1 saturated heterocycles. The Morgan fingerprint density at radius 1 is 1.31 bits per heavy atom. The molecule has 1 heterocycles. The standard InChI is InChI=1S/C17H20ClN3O4S/c1-25-14-7-6-10(18)8-12(14)20-16(23)19-11-4-2-3-5-13(11)21-15(22)9-26-17(21)24/h6-8,11,13H,2-5,9H2,1H3,(H2,19,20,23)/t11-,13-/m1/s1. The number of thioether (sulfide) groups is 1. The van der Waals surface area contributed by atoms with Crippen molar-refractivity contribution in [3.63, 3.8) is 0 Å². The second kappa shape index (κ2) is 8.18. The van der Waals surface area contributed by atoms with Gasteiger partial charge in [-0.3, -0.25) is 14.5 Å². The number of hydrogen-bond donors (Lipinski definition) is 2. The van der Waals surface area contributed by atoms with Crippen molar-refractivity contribution in [3.05, 3.63) is 23.2 Å². The maximum absolute atomic E-state index is 12.5. The first kappa shape index (κ1) is 18.8. The molecule has 1 saturated carbocycles. The van der Waals surface area contributed by atoms with Gasteiger partial charge >= 0.3 is 6.03 Å². The number of anilines is 1. The number of carbonyl (C=O) groups is 3. The molecular weight excluding hydrogens is 378 g/mol. The van der Waals surface area contributed by atoms with Gasteiger partial charge in [-0.25, -0.2) is 4.79 Å². The summed E-state index contributed by atoms with van der Waals surface area (Å²) in [6.07, 6.45) is 3.27. The number of halogens is 1. The van der Waals surface area contributed by atoms with Gasteiger partial charge in [-0.05, 0) is 31.0 Å². The van der Waals surface area contributed by atoms with Crippen LogP contribution in [0.25, 0.3) is 0 Å². The number of methoxy groups -OCH3 is 1. The van der Waals surface area contributed by atoms with E-state index in [9.17, 15) is 14.4 Å². The Morgan fingerprint density at radius 3 is 2.77 bits per heavy atom. The Kier molecular flexibility index (Phi) is 5.93. The van der Waals surface area contributed by atoms with Crippen molar-refractivity contribution in [2.45, 2.75) is 37.8 Å². The smallest absolute Gasteiger partial charge is 0.319 e. The summed E-state index contributed by atoms with van der Waals surface area (Å²) >= 11 is 6.99. The maximum Gasteiger partial charge on any atom is 0.319 e. The zero-order valence-corrected chi connectivity index (χ0v) is 15.9. The van der Waals surface area contributed by atoms with E-state index in [0.29, 0.717) is 29.3 Å². The van der Waals surface area contributed by atoms with Gasteiger partial charge in [-0.2, -0.15) is 0 Å². The van der Waals surface area contributed by atoms with Crippen LogP contribution in [-0.2, 0) is 4.79 Å². The van der Waals surface area contributed by atoms with Crippen LogP contribution in [0, 0.1) is 0 Å². The second-order valence-corrected chi connectivity index (χ2v) is 7.58. The molecule has 7 nitrogen and oxygen atoms in total. The molecule has 9 heteroatoms. The molecular formula is C17H20ClN3O4S. The molecule has 0 radical (unpaired) electrons. The van der Waals surface area contributed by atoms with Crippen LogP contribution < -0.4 is 15.4 Å². The number of ether oxygens (including phenoxy) is 1. The normalized spacial score (nSPS) is 23.1. The summed E-state index contributed by atoms with van der Waals surface area (Å²) in [6.45, 7) is 0. The third-order valence-corrected chi connectivity index (χ3v) is 5.64. The van der Waals surface area contributed by atoms with Gasteiger partial charge in [-0.1, -0.05) is 36.2 Å². The molecule has 1 aromatic carbocycles. The molecule has 2 fully saturated rings. The molecule has 1 aliphatic heterocycles. The molecule has 1 aromatic rings. The summed E-state index contributed by atoms with van der Waals surface area (Å²) in [6, 6.07) is 3.94. The zero-order chi connectivity index (χ0) is 18.7. The van der Waals surface area contributed by atoms with E-state index in [1.165, 1.54) is 12.0 Å². The highest BCUT2D eigenvalue weighted by Gasteiger charge is 2.41. The Labute approximate surface area is 160 Å². The van der Waals surface area contributed by atoms with E-state index >= 15 is 0 Å². The van der Waals surface area contributed by atoms with Gasteiger partial charge in [0.25, 0.3) is 5.24 Å². The number of imide groups is 1. The number of urea groups is 1. The van der Waals surface area contributed by atoms with E-state index in [-0.39, 0.29) is 29.0 Å². The average Bonchev–Trinajstić information content (AvgIpc) is 2.94. The Bertz CT molecular complexity index is 714. The number of amides is 4. The van der Waals surface area contributed by atoms with Gasteiger partial charge in [0.2, 0.25) is 5.91 Å². The fraction of sp³-hybridized carbons (Fsp3) is 0.471. The van der Waals surface area contributed by atoms with Crippen molar-refractivity contribution in [1.29, 1.82) is 0 Å². The average molecular weight is 398 g/mol. The first-order chi connectivity index (χ1) is 12.5. The van der Waals surface area contributed by atoms with Gasteiger partial charge in [0.05, 0.1) is 30.6 Å². The Hall–Kier alpha value is -1.93. The fourth-order valence-electron chi connectivity index (χ4n) is 3.38. The molecule has 4 amide bonds. The molecule has 26 heavy (non-hydrogen) atoms. The number of carbonyl (C=O) groups excluding carboxylic acids is 3. The van der Waals surface area contributed by atoms with E-state index in [2.05, 4.69) is 10.6 Å². The number of benzene rings is 1. The highest BCUT2D eigenvalue weighted by Crippen LogP contribution is 2.31. The molecule has 2 atom stereocenters. The molecule has 1 aliphatic carbocycles. The number of rotatable bonds is 4. The highest BCUT2D eigenvalue weighted by atomic mass is 35.5. The molecule has 0 aromatic heterocycles. The van der Waals surface area contributed by atoms with Crippen molar-refractivity contribution in [2.24, 2.45) is 0 Å². The van der Waals surface area contributed by atoms with Crippen LogP contribution >= 0.6 is 23.4 Å². The minimum atomic E-state index is -0.422. The Morgan fingerprint density at radius 2 is 2.08 bits per heavy atom. The van der Waals surface area contributed by atoms with E-state index in [4.69, 9.17) is 16.3 Å². The second-order valence-electron chi connectivity index (χ2n) is 6.22. The lowest BCUT2D eigenvalue weighted by Crippen LogP contribution is -2.55. The van der Waals surface area contributed by atoms with Gasteiger partial charge in [-0.15, -0.1) is 0 Å². The van der Waals surface area contributed by atoms with Crippen LogP contribution in [0.3, 0.4) is 0 Å². The first-order valence-electron chi connectivity index (χ1n) is 8.39. The zero-order valence-electron chi connectivity index (χ0n) is 14.3. The van der Waals surface area contributed by atoms with Gasteiger partial charge in [0.15, 0.2) is 0 Å². The van der Waals surface area contributed by atoms with Crippen LogP contribution in [-0.4, -0.2) is 47.0 Å². The monoisotopic (exact) mass is 397 g/mol. The van der Waals surface area contributed by atoms with Crippen molar-refractivity contribution in [3.8, 4) is 5.75 Å². The van der Waals surface area contributed by atoms with Crippen LogP contribution in [0.2, 0.25) is 5.02 Å². The van der Waals surface area contributed by atoms with E-state index < -0.39 is 6.03 Å². The number of hydrogen-bond acceptors (Lipinski definition) is 5. The summed E-state index contributed by atoms with van der Waals surface area (Å²) < 4.78 is 5.22. The van der Waals surface area contributed by atoms with E-state index in [1.54, 1.807) is 18.2 Å². The topological polar surface area (TPSA) is 87.7 Å². The summed E-state index contributed by atoms with van der Waals surface area (Å²) in [5.41, 5.74) is 0.453. The van der Waals surface area contributed by atoms with Gasteiger partial charge < -0.3 is 15.4 Å². The van der Waals surface area contributed by atoms with Crippen LogP contribution in [0.1, 0.15) is 25.7 Å².